The summed E-state index contributed by atoms with van der Waals surface area (Å²) in [6.45, 7) is 8.73. The molecule has 0 aliphatic carbocycles. The molecule has 1 aliphatic heterocycles. The lowest BCUT2D eigenvalue weighted by atomic mass is 9.93. The molecule has 0 bridgehead atoms. The lowest BCUT2D eigenvalue weighted by Gasteiger charge is -2.44. The van der Waals surface area contributed by atoms with Crippen LogP contribution in [-0.4, -0.2) is 34.0 Å². The highest BCUT2D eigenvalue weighted by atomic mass is 32.1. The normalized spacial score (nSPS) is 20.5. The number of hydrogen-bond donors (Lipinski definition) is 2. The number of aryl methyl sites for hydroxylation is 1. The van der Waals surface area contributed by atoms with Crippen molar-refractivity contribution in [3.05, 3.63) is 29.8 Å². The van der Waals surface area contributed by atoms with Gasteiger partial charge in [0.15, 0.2) is 5.11 Å². The highest BCUT2D eigenvalue weighted by Crippen LogP contribution is 2.22. The third-order valence-corrected chi connectivity index (χ3v) is 4.37. The van der Waals surface area contributed by atoms with Gasteiger partial charge in [0.25, 0.3) is 0 Å². The predicted octanol–water partition coefficient (Wildman–Crippen LogP) is 2.93. The zero-order valence-electron chi connectivity index (χ0n) is 13.8. The Kier molecular flexibility index (Phi) is 5.06. The van der Waals surface area contributed by atoms with Gasteiger partial charge >= 0.3 is 0 Å². The number of carbonyl (C=O) groups is 1. The molecule has 1 aliphatic rings. The molecule has 1 amide bonds. The van der Waals surface area contributed by atoms with E-state index >= 15 is 0 Å². The van der Waals surface area contributed by atoms with E-state index in [2.05, 4.69) is 38.3 Å². The minimum atomic E-state index is -0.0309. The number of benzene rings is 1. The van der Waals surface area contributed by atoms with Gasteiger partial charge in [-0.1, -0.05) is 25.1 Å². The number of carbonyl (C=O) groups excluding carboxylic acids is 1. The molecular formula is C17H25N3OS. The van der Waals surface area contributed by atoms with Crippen molar-refractivity contribution in [3.8, 4) is 0 Å². The Morgan fingerprint density at radius 1 is 1.45 bits per heavy atom. The van der Waals surface area contributed by atoms with Crippen molar-refractivity contribution in [1.82, 2.24) is 10.2 Å². The van der Waals surface area contributed by atoms with Gasteiger partial charge in [0.1, 0.15) is 0 Å². The molecule has 0 saturated carbocycles. The van der Waals surface area contributed by atoms with E-state index in [1.54, 1.807) is 0 Å². The van der Waals surface area contributed by atoms with Gasteiger partial charge in [0, 0.05) is 17.3 Å². The van der Waals surface area contributed by atoms with Gasteiger partial charge < -0.3 is 15.5 Å². The van der Waals surface area contributed by atoms with Crippen LogP contribution in [-0.2, 0) is 11.2 Å². The average Bonchev–Trinajstić information content (AvgIpc) is 2.42. The minimum absolute atomic E-state index is 0.0156. The molecule has 2 N–H and O–H groups in total. The van der Waals surface area contributed by atoms with Crippen molar-refractivity contribution >= 4 is 28.9 Å². The first-order chi connectivity index (χ1) is 10.3. The van der Waals surface area contributed by atoms with Crippen molar-refractivity contribution in [2.45, 2.75) is 52.1 Å². The summed E-state index contributed by atoms with van der Waals surface area (Å²) in [6, 6.07) is 8.15. The summed E-state index contributed by atoms with van der Waals surface area (Å²) in [5, 5.41) is 6.96. The van der Waals surface area contributed by atoms with Gasteiger partial charge in [-0.05, 0) is 57.5 Å². The van der Waals surface area contributed by atoms with Gasteiger partial charge in [-0.3, -0.25) is 4.79 Å². The van der Waals surface area contributed by atoms with Crippen LogP contribution in [0.5, 0.6) is 0 Å². The van der Waals surface area contributed by atoms with Crippen LogP contribution in [0.25, 0.3) is 0 Å². The molecule has 1 unspecified atom stereocenters. The lowest BCUT2D eigenvalue weighted by molar-refractivity contribution is -0.117. The fraction of sp³-hybridized carbons (Fsp3) is 0.529. The van der Waals surface area contributed by atoms with E-state index in [1.165, 1.54) is 0 Å². The molecule has 1 fully saturated rings. The number of para-hydroxylation sites is 1. The Morgan fingerprint density at radius 3 is 2.77 bits per heavy atom. The van der Waals surface area contributed by atoms with Crippen LogP contribution in [0.4, 0.5) is 5.69 Å². The molecule has 5 heteroatoms. The maximum atomic E-state index is 12.4. The second kappa shape index (κ2) is 6.65. The molecule has 1 heterocycles. The number of amides is 1. The Morgan fingerprint density at radius 2 is 2.14 bits per heavy atom. The number of anilines is 1. The van der Waals surface area contributed by atoms with Crippen LogP contribution in [0.3, 0.4) is 0 Å². The quantitative estimate of drug-likeness (QED) is 0.838. The Bertz CT molecular complexity index is 571. The third kappa shape index (κ3) is 3.97. The lowest BCUT2D eigenvalue weighted by Crippen LogP contribution is -2.61. The molecule has 1 saturated heterocycles. The van der Waals surface area contributed by atoms with Crippen LogP contribution in [0.15, 0.2) is 24.3 Å². The summed E-state index contributed by atoms with van der Waals surface area (Å²) in [4.78, 5) is 14.3. The van der Waals surface area contributed by atoms with Gasteiger partial charge in [0.05, 0.1) is 6.54 Å². The van der Waals surface area contributed by atoms with Crippen molar-refractivity contribution in [1.29, 1.82) is 0 Å². The van der Waals surface area contributed by atoms with E-state index < -0.39 is 0 Å². The number of nitrogens with one attached hydrogen (secondary N) is 2. The summed E-state index contributed by atoms with van der Waals surface area (Å²) < 4.78 is 0. The van der Waals surface area contributed by atoms with E-state index in [1.807, 2.05) is 29.2 Å². The Hall–Kier alpha value is -1.62. The largest absolute Gasteiger partial charge is 0.358 e. The number of thiocarbonyl (C=S) groups is 1. The first-order valence-electron chi connectivity index (χ1n) is 7.79. The van der Waals surface area contributed by atoms with Gasteiger partial charge in [0.2, 0.25) is 5.91 Å². The molecule has 0 radical (unpaired) electrons. The Labute approximate surface area is 138 Å². The molecule has 0 aromatic heterocycles. The summed E-state index contributed by atoms with van der Waals surface area (Å²) >= 11 is 5.42. The van der Waals surface area contributed by atoms with Gasteiger partial charge in [-0.15, -0.1) is 0 Å². The van der Waals surface area contributed by atoms with Crippen LogP contribution in [0.2, 0.25) is 0 Å². The van der Waals surface area contributed by atoms with Crippen molar-refractivity contribution in [2.24, 2.45) is 0 Å². The highest BCUT2D eigenvalue weighted by molar-refractivity contribution is 7.80. The van der Waals surface area contributed by atoms with E-state index in [0.717, 1.165) is 24.1 Å². The molecule has 1 aromatic carbocycles. The molecule has 1 atom stereocenters. The molecule has 1 aromatic rings. The van der Waals surface area contributed by atoms with Gasteiger partial charge in [-0.25, -0.2) is 0 Å². The second-order valence-corrected chi connectivity index (χ2v) is 6.94. The SMILES string of the molecule is CCc1ccccc1NC(=O)CN1C(=S)NC(C)(C)CC1C. The smallest absolute Gasteiger partial charge is 0.243 e. The molecule has 0 spiro atoms. The summed E-state index contributed by atoms with van der Waals surface area (Å²) in [5.41, 5.74) is 2.02. The fourth-order valence-corrected chi connectivity index (χ4v) is 3.50. The first kappa shape index (κ1) is 16.7. The number of nitrogens with zero attached hydrogens (tertiary/aromatic N) is 1. The van der Waals surface area contributed by atoms with Crippen LogP contribution in [0.1, 0.15) is 39.7 Å². The average molecular weight is 319 g/mol. The standard InChI is InChI=1S/C17H25N3OS/c1-5-13-8-6-7-9-14(13)18-15(21)11-20-12(2)10-17(3,4)19-16(20)22/h6-9,12H,5,10-11H2,1-4H3,(H,18,21)(H,19,22). The minimum Gasteiger partial charge on any atom is -0.358 e. The molecule has 4 nitrogen and oxygen atoms in total. The highest BCUT2D eigenvalue weighted by Gasteiger charge is 2.33. The fourth-order valence-electron chi connectivity index (χ4n) is 2.98. The molecule has 22 heavy (non-hydrogen) atoms. The van der Waals surface area contributed by atoms with Crippen molar-refractivity contribution in [3.63, 3.8) is 0 Å². The molecular weight excluding hydrogens is 294 g/mol. The monoisotopic (exact) mass is 319 g/mol. The second-order valence-electron chi connectivity index (χ2n) is 6.55. The summed E-state index contributed by atoms with van der Waals surface area (Å²) in [6.07, 6.45) is 1.84. The van der Waals surface area contributed by atoms with E-state index in [0.29, 0.717) is 5.11 Å². The number of rotatable bonds is 4. The number of hydrogen-bond acceptors (Lipinski definition) is 2. The van der Waals surface area contributed by atoms with Gasteiger partial charge in [-0.2, -0.15) is 0 Å². The maximum Gasteiger partial charge on any atom is 0.243 e. The summed E-state index contributed by atoms with van der Waals surface area (Å²) in [7, 11) is 0. The third-order valence-electron chi connectivity index (χ3n) is 4.03. The first-order valence-corrected chi connectivity index (χ1v) is 8.20. The zero-order chi connectivity index (χ0) is 16.3. The Balaban J connectivity index is 2.01. The van der Waals surface area contributed by atoms with E-state index in [4.69, 9.17) is 12.2 Å². The topological polar surface area (TPSA) is 44.4 Å². The van der Waals surface area contributed by atoms with Crippen LogP contribution >= 0.6 is 12.2 Å². The maximum absolute atomic E-state index is 12.4. The zero-order valence-corrected chi connectivity index (χ0v) is 14.6. The van der Waals surface area contributed by atoms with Crippen molar-refractivity contribution in [2.75, 3.05) is 11.9 Å². The predicted molar refractivity (Wildman–Crippen MR) is 95.0 cm³/mol. The van der Waals surface area contributed by atoms with E-state index in [9.17, 15) is 4.79 Å². The molecule has 120 valence electrons. The van der Waals surface area contributed by atoms with Crippen LogP contribution in [0, 0.1) is 0 Å². The van der Waals surface area contributed by atoms with Crippen LogP contribution < -0.4 is 10.6 Å². The van der Waals surface area contributed by atoms with Crippen molar-refractivity contribution < 1.29 is 4.79 Å². The van der Waals surface area contributed by atoms with E-state index in [-0.39, 0.29) is 24.0 Å². The molecule has 2 rings (SSSR count). The summed E-state index contributed by atoms with van der Waals surface area (Å²) in [5.74, 6) is -0.0309.